The lowest BCUT2D eigenvalue weighted by Crippen LogP contribution is -2.49. The van der Waals surface area contributed by atoms with Gasteiger partial charge in [-0.15, -0.1) is 0 Å². The van der Waals surface area contributed by atoms with Crippen LogP contribution in [-0.2, 0) is 11.8 Å². The molecular weight excluding hydrogens is 361 g/mol. The van der Waals surface area contributed by atoms with Crippen LogP contribution < -0.4 is 15.5 Å². The molecule has 1 aromatic heterocycles. The maximum atomic E-state index is 15.0. The minimum Gasteiger partial charge on any atom is -0.317 e. The summed E-state index contributed by atoms with van der Waals surface area (Å²) in [5, 5.41) is 10.8. The highest BCUT2D eigenvalue weighted by atomic mass is 19.1. The van der Waals surface area contributed by atoms with Crippen LogP contribution in [-0.4, -0.2) is 41.4 Å². The van der Waals surface area contributed by atoms with Crippen molar-refractivity contribution in [3.05, 3.63) is 23.5 Å². The van der Waals surface area contributed by atoms with Gasteiger partial charge in [-0.25, -0.2) is 9.18 Å². The van der Waals surface area contributed by atoms with Crippen molar-refractivity contribution in [3.63, 3.8) is 0 Å². The summed E-state index contributed by atoms with van der Waals surface area (Å²) in [6.45, 7) is 2.36. The molecule has 0 atom stereocenters. The molecule has 3 heterocycles. The number of piperidine rings is 1. The first-order valence-electron chi connectivity index (χ1n) is 9.94. The zero-order valence-corrected chi connectivity index (χ0v) is 15.9. The van der Waals surface area contributed by atoms with Crippen molar-refractivity contribution in [3.8, 4) is 0 Å². The lowest BCUT2D eigenvalue weighted by atomic mass is 9.56. The number of aryl methyl sites for hydroxylation is 1. The molecule has 1 saturated carbocycles. The van der Waals surface area contributed by atoms with Crippen molar-refractivity contribution in [2.75, 3.05) is 24.5 Å². The van der Waals surface area contributed by atoms with Gasteiger partial charge in [0.25, 0.3) is 0 Å². The number of anilines is 1. The standard InChI is InChI=1S/C20H24FN5O2/c1-25-16-9-13(12-10-20(11-12)3-5-22-6-4-20)15(21)8-14(16)18(24-25)26-7-2-17(27)23-19(26)28/h8-9,12,22H,2-7,10-11H2,1H3,(H,23,27,28). The van der Waals surface area contributed by atoms with Gasteiger partial charge in [0.1, 0.15) is 5.82 Å². The number of aromatic nitrogens is 2. The number of imide groups is 1. The summed E-state index contributed by atoms with van der Waals surface area (Å²) < 4.78 is 16.7. The van der Waals surface area contributed by atoms with Crippen molar-refractivity contribution in [1.29, 1.82) is 0 Å². The number of fused-ring (bicyclic) bond motifs is 1. The number of hydrogen-bond acceptors (Lipinski definition) is 4. The van der Waals surface area contributed by atoms with Crippen LogP contribution in [0.1, 0.15) is 43.6 Å². The average molecular weight is 385 g/mol. The topological polar surface area (TPSA) is 79.3 Å². The van der Waals surface area contributed by atoms with Gasteiger partial charge in [0, 0.05) is 25.4 Å². The molecule has 2 aliphatic heterocycles. The van der Waals surface area contributed by atoms with Crippen molar-refractivity contribution >= 4 is 28.7 Å². The Morgan fingerprint density at radius 2 is 1.96 bits per heavy atom. The van der Waals surface area contributed by atoms with Crippen molar-refractivity contribution in [2.24, 2.45) is 12.5 Å². The third kappa shape index (κ3) is 2.70. The maximum absolute atomic E-state index is 15.0. The number of urea groups is 1. The van der Waals surface area contributed by atoms with E-state index in [-0.39, 0.29) is 30.6 Å². The summed E-state index contributed by atoms with van der Waals surface area (Å²) in [4.78, 5) is 25.0. The molecule has 148 valence electrons. The van der Waals surface area contributed by atoms with Crippen molar-refractivity contribution in [2.45, 2.75) is 38.0 Å². The number of hydrogen-bond donors (Lipinski definition) is 2. The number of rotatable bonds is 2. The molecule has 0 radical (unpaired) electrons. The van der Waals surface area contributed by atoms with E-state index in [1.165, 1.54) is 23.8 Å². The highest BCUT2D eigenvalue weighted by molar-refractivity contribution is 6.08. The lowest BCUT2D eigenvalue weighted by Gasteiger charge is -2.50. The van der Waals surface area contributed by atoms with E-state index < -0.39 is 6.03 Å². The number of carbonyl (C=O) groups is 2. The molecule has 2 aromatic rings. The SMILES string of the molecule is Cn1nc(N2CCC(=O)NC2=O)c2cc(F)c(C3CC4(CCNCC4)C3)cc21. The molecule has 3 amide bonds. The Labute approximate surface area is 162 Å². The van der Waals surface area contributed by atoms with Gasteiger partial charge in [-0.3, -0.25) is 19.7 Å². The number of benzene rings is 1. The van der Waals surface area contributed by atoms with E-state index in [1.54, 1.807) is 11.7 Å². The first-order chi connectivity index (χ1) is 13.5. The highest BCUT2D eigenvalue weighted by Gasteiger charge is 2.45. The van der Waals surface area contributed by atoms with Crippen LogP contribution in [0.4, 0.5) is 15.0 Å². The van der Waals surface area contributed by atoms with Gasteiger partial charge in [0.2, 0.25) is 5.91 Å². The molecule has 2 saturated heterocycles. The van der Waals surface area contributed by atoms with Crippen LogP contribution >= 0.6 is 0 Å². The predicted octanol–water partition coefficient (Wildman–Crippen LogP) is 2.41. The summed E-state index contributed by atoms with van der Waals surface area (Å²) in [7, 11) is 1.80. The second kappa shape index (κ2) is 6.27. The number of carbonyl (C=O) groups excluding carboxylic acids is 2. The van der Waals surface area contributed by atoms with Gasteiger partial charge >= 0.3 is 6.03 Å². The smallest absolute Gasteiger partial charge is 0.317 e. The second-order valence-corrected chi connectivity index (χ2v) is 8.45. The van der Waals surface area contributed by atoms with Crippen LogP contribution in [0.2, 0.25) is 0 Å². The quantitative estimate of drug-likeness (QED) is 0.832. The molecule has 3 aliphatic rings. The van der Waals surface area contributed by atoms with E-state index in [1.807, 2.05) is 6.07 Å². The number of halogens is 1. The molecule has 3 fully saturated rings. The van der Waals surface area contributed by atoms with Gasteiger partial charge in [0.05, 0.1) is 5.52 Å². The summed E-state index contributed by atoms with van der Waals surface area (Å²) in [5.74, 6) is 0.115. The second-order valence-electron chi connectivity index (χ2n) is 8.45. The third-order valence-corrected chi connectivity index (χ3v) is 6.72. The fraction of sp³-hybridized carbons (Fsp3) is 0.550. The molecule has 5 rings (SSSR count). The van der Waals surface area contributed by atoms with Gasteiger partial charge < -0.3 is 5.32 Å². The normalized spacial score (nSPS) is 22.6. The molecule has 0 unspecified atom stereocenters. The average Bonchev–Trinajstić information content (AvgIpc) is 2.95. The molecule has 1 spiro atoms. The summed E-state index contributed by atoms with van der Waals surface area (Å²) in [6.07, 6.45) is 4.64. The van der Waals surface area contributed by atoms with E-state index >= 15 is 4.39 Å². The molecule has 1 aliphatic carbocycles. The zero-order chi connectivity index (χ0) is 19.5. The Kier molecular flexibility index (Phi) is 3.94. The largest absolute Gasteiger partial charge is 0.329 e. The van der Waals surface area contributed by atoms with E-state index in [9.17, 15) is 9.59 Å². The molecular formula is C20H24FN5O2. The Hall–Kier alpha value is -2.48. The Morgan fingerprint density at radius 3 is 2.68 bits per heavy atom. The minimum atomic E-state index is -0.507. The molecule has 7 nitrogen and oxygen atoms in total. The van der Waals surface area contributed by atoms with Crippen molar-refractivity contribution in [1.82, 2.24) is 20.4 Å². The Morgan fingerprint density at radius 1 is 1.21 bits per heavy atom. The molecule has 8 heteroatoms. The summed E-state index contributed by atoms with van der Waals surface area (Å²) in [5.41, 5.74) is 1.94. The van der Waals surface area contributed by atoms with Crippen molar-refractivity contribution < 1.29 is 14.0 Å². The highest BCUT2D eigenvalue weighted by Crippen LogP contribution is 2.56. The Bertz CT molecular complexity index is 971. The number of nitrogens with zero attached hydrogens (tertiary/aromatic N) is 3. The van der Waals surface area contributed by atoms with E-state index in [0.717, 1.165) is 37.0 Å². The van der Waals surface area contributed by atoms with Gasteiger partial charge in [-0.2, -0.15) is 5.10 Å². The molecule has 0 bridgehead atoms. The van der Waals surface area contributed by atoms with Crippen LogP contribution in [0.15, 0.2) is 12.1 Å². The number of amides is 3. The predicted molar refractivity (Wildman–Crippen MR) is 103 cm³/mol. The minimum absolute atomic E-state index is 0.212. The van der Waals surface area contributed by atoms with Gasteiger partial charge in [0.15, 0.2) is 5.82 Å². The first kappa shape index (κ1) is 17.6. The van der Waals surface area contributed by atoms with Gasteiger partial charge in [-0.1, -0.05) is 0 Å². The first-order valence-corrected chi connectivity index (χ1v) is 9.94. The van der Waals surface area contributed by atoms with E-state index in [4.69, 9.17) is 0 Å². The van der Waals surface area contributed by atoms with Gasteiger partial charge in [-0.05, 0) is 67.8 Å². The summed E-state index contributed by atoms with van der Waals surface area (Å²) in [6, 6.07) is 2.89. The lowest BCUT2D eigenvalue weighted by molar-refractivity contribution is -0.120. The molecule has 2 N–H and O–H groups in total. The molecule has 28 heavy (non-hydrogen) atoms. The van der Waals surface area contributed by atoms with Crippen LogP contribution in [0.3, 0.4) is 0 Å². The molecule has 1 aromatic carbocycles. The fourth-order valence-corrected chi connectivity index (χ4v) is 5.12. The van der Waals surface area contributed by atoms with Crippen LogP contribution in [0.25, 0.3) is 10.9 Å². The van der Waals surface area contributed by atoms with E-state index in [0.29, 0.717) is 16.6 Å². The maximum Gasteiger partial charge on any atom is 0.329 e. The summed E-state index contributed by atoms with van der Waals surface area (Å²) >= 11 is 0. The fourth-order valence-electron chi connectivity index (χ4n) is 5.12. The van der Waals surface area contributed by atoms with Crippen LogP contribution in [0.5, 0.6) is 0 Å². The van der Waals surface area contributed by atoms with Crippen LogP contribution in [0, 0.1) is 11.2 Å². The number of nitrogens with one attached hydrogen (secondary N) is 2. The zero-order valence-electron chi connectivity index (χ0n) is 15.9. The monoisotopic (exact) mass is 385 g/mol. The van der Waals surface area contributed by atoms with E-state index in [2.05, 4.69) is 15.7 Å². The third-order valence-electron chi connectivity index (χ3n) is 6.72. The Balaban J connectivity index is 1.46.